The minimum absolute atomic E-state index is 0.0908. The van der Waals surface area contributed by atoms with E-state index in [-0.39, 0.29) is 12.1 Å². The molecule has 2 atom stereocenters. The lowest BCUT2D eigenvalue weighted by atomic mass is 9.99. The van der Waals surface area contributed by atoms with Crippen molar-refractivity contribution in [1.29, 1.82) is 0 Å². The quantitative estimate of drug-likeness (QED) is 0.872. The van der Waals surface area contributed by atoms with Gasteiger partial charge in [-0.2, -0.15) is 13.2 Å². The van der Waals surface area contributed by atoms with Crippen molar-refractivity contribution in [2.45, 2.75) is 44.9 Å². The van der Waals surface area contributed by atoms with E-state index in [9.17, 15) is 13.2 Å². The third-order valence-electron chi connectivity index (χ3n) is 3.86. The minimum Gasteiger partial charge on any atom is -0.304 e. The van der Waals surface area contributed by atoms with Crippen molar-refractivity contribution in [2.75, 3.05) is 19.6 Å². The SMILES string of the molecule is CC(C)C[C@H](N[C@H]1CCN(CC(F)(F)F)C1)c1ccccn1. The molecule has 124 valence electrons. The zero-order chi connectivity index (χ0) is 16.2. The summed E-state index contributed by atoms with van der Waals surface area (Å²) in [6, 6.07) is 5.98. The van der Waals surface area contributed by atoms with E-state index >= 15 is 0 Å². The molecule has 0 bridgehead atoms. The second-order valence-electron chi connectivity index (χ2n) is 6.44. The minimum atomic E-state index is -4.12. The summed E-state index contributed by atoms with van der Waals surface area (Å²) >= 11 is 0. The molecule has 1 aromatic rings. The van der Waals surface area contributed by atoms with Gasteiger partial charge in [0.1, 0.15) is 0 Å². The first kappa shape index (κ1) is 17.2. The zero-order valence-corrected chi connectivity index (χ0v) is 13.1. The Morgan fingerprint density at radius 3 is 2.73 bits per heavy atom. The number of rotatable bonds is 6. The van der Waals surface area contributed by atoms with Crippen molar-refractivity contribution in [3.05, 3.63) is 30.1 Å². The highest BCUT2D eigenvalue weighted by atomic mass is 19.4. The zero-order valence-electron chi connectivity index (χ0n) is 13.1. The number of hydrogen-bond donors (Lipinski definition) is 1. The molecule has 22 heavy (non-hydrogen) atoms. The summed E-state index contributed by atoms with van der Waals surface area (Å²) in [7, 11) is 0. The third kappa shape index (κ3) is 5.57. The van der Waals surface area contributed by atoms with Gasteiger partial charge in [0.15, 0.2) is 0 Å². The Morgan fingerprint density at radius 1 is 1.36 bits per heavy atom. The topological polar surface area (TPSA) is 28.2 Å². The molecule has 2 rings (SSSR count). The average molecular weight is 315 g/mol. The number of likely N-dealkylation sites (tertiary alicyclic amines) is 1. The molecule has 1 N–H and O–H groups in total. The summed E-state index contributed by atoms with van der Waals surface area (Å²) in [4.78, 5) is 5.87. The Bertz CT molecular complexity index is 448. The van der Waals surface area contributed by atoms with Crippen molar-refractivity contribution in [3.63, 3.8) is 0 Å². The predicted octanol–water partition coefficient (Wildman–Crippen LogP) is 3.40. The maximum atomic E-state index is 12.5. The monoisotopic (exact) mass is 315 g/mol. The van der Waals surface area contributed by atoms with E-state index in [1.54, 1.807) is 6.20 Å². The Balaban J connectivity index is 1.94. The van der Waals surface area contributed by atoms with Crippen molar-refractivity contribution in [1.82, 2.24) is 15.2 Å². The van der Waals surface area contributed by atoms with Crippen LogP contribution < -0.4 is 5.32 Å². The molecule has 0 radical (unpaired) electrons. The number of halogens is 3. The molecule has 1 aromatic heterocycles. The van der Waals surface area contributed by atoms with Crippen molar-refractivity contribution in [2.24, 2.45) is 5.92 Å². The Hall–Kier alpha value is -1.14. The van der Waals surface area contributed by atoms with Crippen molar-refractivity contribution >= 4 is 0 Å². The van der Waals surface area contributed by atoms with Crippen LogP contribution in [0.15, 0.2) is 24.4 Å². The van der Waals surface area contributed by atoms with Gasteiger partial charge >= 0.3 is 6.18 Å². The summed E-state index contributed by atoms with van der Waals surface area (Å²) < 4.78 is 37.4. The molecule has 1 aliphatic rings. The summed E-state index contributed by atoms with van der Waals surface area (Å²) in [5.74, 6) is 0.493. The summed E-state index contributed by atoms with van der Waals surface area (Å²) in [5.41, 5.74) is 0.963. The van der Waals surface area contributed by atoms with Gasteiger partial charge in [-0.05, 0) is 30.9 Å². The number of pyridine rings is 1. The first-order valence-corrected chi connectivity index (χ1v) is 7.79. The van der Waals surface area contributed by atoms with Crippen molar-refractivity contribution in [3.8, 4) is 0 Å². The molecule has 0 saturated carbocycles. The van der Waals surface area contributed by atoms with E-state index in [2.05, 4.69) is 24.1 Å². The van der Waals surface area contributed by atoms with Crippen LogP contribution in [-0.2, 0) is 0 Å². The van der Waals surface area contributed by atoms with Gasteiger partial charge < -0.3 is 5.32 Å². The highest BCUT2D eigenvalue weighted by Crippen LogP contribution is 2.24. The van der Waals surface area contributed by atoms with E-state index < -0.39 is 12.7 Å². The fraction of sp³-hybridized carbons (Fsp3) is 0.688. The first-order chi connectivity index (χ1) is 10.3. The Labute approximate surface area is 129 Å². The fourth-order valence-electron chi connectivity index (χ4n) is 2.98. The highest BCUT2D eigenvalue weighted by Gasteiger charge is 2.35. The van der Waals surface area contributed by atoms with E-state index in [0.29, 0.717) is 19.0 Å². The van der Waals surface area contributed by atoms with Crippen LogP contribution >= 0.6 is 0 Å². The van der Waals surface area contributed by atoms with Crippen LogP contribution in [0.4, 0.5) is 13.2 Å². The largest absolute Gasteiger partial charge is 0.401 e. The smallest absolute Gasteiger partial charge is 0.304 e. The van der Waals surface area contributed by atoms with Crippen LogP contribution in [0.5, 0.6) is 0 Å². The molecule has 6 heteroatoms. The Kier molecular flexibility index (Phi) is 5.81. The maximum Gasteiger partial charge on any atom is 0.401 e. The van der Waals surface area contributed by atoms with Gasteiger partial charge in [0.25, 0.3) is 0 Å². The maximum absolute atomic E-state index is 12.5. The van der Waals surface area contributed by atoms with Crippen LogP contribution in [0.1, 0.15) is 38.4 Å². The lowest BCUT2D eigenvalue weighted by Crippen LogP contribution is -2.38. The molecule has 2 heterocycles. The van der Waals surface area contributed by atoms with Gasteiger partial charge in [0.2, 0.25) is 0 Å². The van der Waals surface area contributed by atoms with Gasteiger partial charge in [0, 0.05) is 31.4 Å². The molecule has 0 aliphatic carbocycles. The lowest BCUT2D eigenvalue weighted by molar-refractivity contribution is -0.143. The molecule has 0 aromatic carbocycles. The number of aromatic nitrogens is 1. The summed E-state index contributed by atoms with van der Waals surface area (Å²) in [6.45, 7) is 4.41. The molecule has 1 aliphatic heterocycles. The van der Waals surface area contributed by atoms with Gasteiger partial charge in [0.05, 0.1) is 12.2 Å². The predicted molar refractivity (Wildman–Crippen MR) is 80.5 cm³/mol. The van der Waals surface area contributed by atoms with Gasteiger partial charge in [-0.25, -0.2) is 0 Å². The van der Waals surface area contributed by atoms with Gasteiger partial charge in [-0.15, -0.1) is 0 Å². The van der Waals surface area contributed by atoms with E-state index in [0.717, 1.165) is 18.5 Å². The molecule has 0 amide bonds. The van der Waals surface area contributed by atoms with E-state index in [1.165, 1.54) is 4.90 Å². The average Bonchev–Trinajstić information content (AvgIpc) is 2.83. The Morgan fingerprint density at radius 2 is 2.14 bits per heavy atom. The van der Waals surface area contributed by atoms with Crippen LogP contribution in [0.3, 0.4) is 0 Å². The van der Waals surface area contributed by atoms with Crippen LogP contribution in [-0.4, -0.2) is 41.7 Å². The molecule has 3 nitrogen and oxygen atoms in total. The van der Waals surface area contributed by atoms with Crippen molar-refractivity contribution < 1.29 is 13.2 Å². The lowest BCUT2D eigenvalue weighted by Gasteiger charge is -2.25. The number of nitrogens with one attached hydrogen (secondary N) is 1. The van der Waals surface area contributed by atoms with Gasteiger partial charge in [-0.3, -0.25) is 9.88 Å². The molecule has 0 unspecified atom stereocenters. The summed E-state index contributed by atoms with van der Waals surface area (Å²) in [5, 5.41) is 3.51. The first-order valence-electron chi connectivity index (χ1n) is 7.79. The van der Waals surface area contributed by atoms with Crippen LogP contribution in [0, 0.1) is 5.92 Å². The van der Waals surface area contributed by atoms with Crippen LogP contribution in [0.2, 0.25) is 0 Å². The second-order valence-corrected chi connectivity index (χ2v) is 6.44. The number of alkyl halides is 3. The normalized spacial score (nSPS) is 21.5. The van der Waals surface area contributed by atoms with E-state index in [1.807, 2.05) is 18.2 Å². The number of nitrogens with zero attached hydrogens (tertiary/aromatic N) is 2. The van der Waals surface area contributed by atoms with Crippen LogP contribution in [0.25, 0.3) is 0 Å². The number of hydrogen-bond acceptors (Lipinski definition) is 3. The third-order valence-corrected chi connectivity index (χ3v) is 3.86. The summed E-state index contributed by atoms with van der Waals surface area (Å²) in [6.07, 6.45) is -0.688. The highest BCUT2D eigenvalue weighted by molar-refractivity contribution is 5.09. The molecular formula is C16H24F3N3. The fourth-order valence-corrected chi connectivity index (χ4v) is 2.98. The second kappa shape index (κ2) is 7.42. The van der Waals surface area contributed by atoms with Gasteiger partial charge in [-0.1, -0.05) is 19.9 Å². The molecule has 0 spiro atoms. The molecular weight excluding hydrogens is 291 g/mol. The molecule has 1 fully saturated rings. The standard InChI is InChI=1S/C16H24F3N3/c1-12(2)9-15(14-5-3-4-7-20-14)21-13-6-8-22(10-13)11-16(17,18)19/h3-5,7,12-13,15,21H,6,8-11H2,1-2H3/t13-,15-/m0/s1. The molecule has 1 saturated heterocycles. The van der Waals surface area contributed by atoms with E-state index in [4.69, 9.17) is 0 Å².